The number of anilines is 1. The number of rotatable bonds is 4. The molecule has 0 saturated heterocycles. The van der Waals surface area contributed by atoms with Crippen LogP contribution in [-0.4, -0.2) is 33.4 Å². The zero-order valence-electron chi connectivity index (χ0n) is 13.1. The highest BCUT2D eigenvalue weighted by Crippen LogP contribution is 2.38. The molecule has 0 spiro atoms. The van der Waals surface area contributed by atoms with Crippen molar-refractivity contribution in [1.29, 1.82) is 0 Å². The van der Waals surface area contributed by atoms with Crippen molar-refractivity contribution in [3.8, 4) is 0 Å². The predicted octanol–water partition coefficient (Wildman–Crippen LogP) is 5.71. The van der Waals surface area contributed by atoms with Crippen LogP contribution in [-0.2, 0) is 16.0 Å². The van der Waals surface area contributed by atoms with Crippen LogP contribution >= 0.6 is 84.7 Å². The summed E-state index contributed by atoms with van der Waals surface area (Å²) in [5.41, 5.74) is 1.26. The van der Waals surface area contributed by atoms with Crippen LogP contribution in [0.4, 0.5) is 5.82 Å². The topological polar surface area (TPSA) is 64.1 Å². The van der Waals surface area contributed by atoms with E-state index in [2.05, 4.69) is 53.8 Å². The van der Waals surface area contributed by atoms with E-state index in [1.165, 1.54) is 11.3 Å². The summed E-state index contributed by atoms with van der Waals surface area (Å²) in [5, 5.41) is 4.38. The number of nitrogens with one attached hydrogen (secondary N) is 1. The molecule has 11 heteroatoms. The number of methoxy groups -OCH3 is 1. The van der Waals surface area contributed by atoms with Gasteiger partial charge in [-0.15, -0.1) is 11.3 Å². The number of ether oxygens (including phenoxy) is 1. The van der Waals surface area contributed by atoms with Crippen LogP contribution in [0.25, 0.3) is 21.1 Å². The molecule has 0 bridgehead atoms. The van der Waals surface area contributed by atoms with E-state index >= 15 is 0 Å². The van der Waals surface area contributed by atoms with Crippen molar-refractivity contribution in [3.05, 3.63) is 25.2 Å². The van der Waals surface area contributed by atoms with Crippen molar-refractivity contribution in [1.82, 2.24) is 9.97 Å². The zero-order chi connectivity index (χ0) is 19.1. The summed E-state index contributed by atoms with van der Waals surface area (Å²) in [6, 6.07) is 3.97. The minimum absolute atomic E-state index is 0.256. The van der Waals surface area contributed by atoms with Crippen LogP contribution in [0.15, 0.2) is 16.6 Å². The Morgan fingerprint density at radius 2 is 2.08 bits per heavy atom. The molecule has 2 aromatic heterocycles. The Morgan fingerprint density at radius 3 is 2.73 bits per heavy atom. The van der Waals surface area contributed by atoms with Gasteiger partial charge in [-0.2, -0.15) is 0 Å². The van der Waals surface area contributed by atoms with Gasteiger partial charge in [-0.1, -0.05) is 40.9 Å². The number of hydrogen-bond acceptors (Lipinski definition) is 5. The van der Waals surface area contributed by atoms with Gasteiger partial charge in [-0.3, -0.25) is 4.79 Å². The van der Waals surface area contributed by atoms with Crippen LogP contribution in [0.3, 0.4) is 0 Å². The monoisotopic (exact) mass is 607 g/mol. The fraction of sp³-hybridized carbons (Fsp3) is 0.267. The van der Waals surface area contributed by atoms with Gasteiger partial charge in [-0.25, -0.2) is 9.97 Å². The van der Waals surface area contributed by atoms with E-state index in [4.69, 9.17) is 39.5 Å². The Labute approximate surface area is 190 Å². The number of benzene rings is 1. The summed E-state index contributed by atoms with van der Waals surface area (Å²) in [6.45, 7) is 0.544. The number of fused-ring (bicyclic) bond motifs is 3. The number of pyridine rings is 1. The summed E-state index contributed by atoms with van der Waals surface area (Å²) in [6.07, 6.45) is 0.653. The molecule has 0 aliphatic rings. The summed E-state index contributed by atoms with van der Waals surface area (Å²) in [5.74, 6) is -0.532. The van der Waals surface area contributed by atoms with E-state index in [1.807, 2.05) is 12.1 Å². The van der Waals surface area contributed by atoms with Crippen molar-refractivity contribution in [2.45, 2.75) is 10.2 Å². The highest BCUT2D eigenvalue weighted by atomic mass is 127. The number of carbonyl (C=O) groups is 1. The first-order valence-electron chi connectivity index (χ1n) is 7.16. The number of carbonyl (C=O) groups excluding carboxylic acids is 1. The molecule has 0 radical (unpaired) electrons. The Kier molecular flexibility index (Phi) is 6.53. The van der Waals surface area contributed by atoms with E-state index in [0.717, 1.165) is 23.1 Å². The molecule has 138 valence electrons. The van der Waals surface area contributed by atoms with Gasteiger partial charge in [0.1, 0.15) is 5.52 Å². The lowest BCUT2D eigenvalue weighted by molar-refractivity contribution is -0.115. The van der Waals surface area contributed by atoms with Gasteiger partial charge >= 0.3 is 0 Å². The first kappa shape index (κ1) is 20.8. The van der Waals surface area contributed by atoms with E-state index in [-0.39, 0.29) is 5.82 Å². The van der Waals surface area contributed by atoms with Crippen molar-refractivity contribution in [2.24, 2.45) is 0 Å². The molecule has 5 nitrogen and oxygen atoms in total. The molecule has 0 unspecified atom stereocenters. The number of aromatic nitrogens is 2. The van der Waals surface area contributed by atoms with E-state index < -0.39 is 9.70 Å². The van der Waals surface area contributed by atoms with Crippen molar-refractivity contribution in [3.63, 3.8) is 0 Å². The molecule has 0 aliphatic heterocycles. The maximum Gasteiger partial charge on any atom is 0.277 e. The summed E-state index contributed by atoms with van der Waals surface area (Å²) >= 11 is 24.3. The lowest BCUT2D eigenvalue weighted by Crippen LogP contribution is -2.27. The number of alkyl halides is 3. The molecule has 1 aromatic carbocycles. The van der Waals surface area contributed by atoms with Gasteiger partial charge in [0, 0.05) is 22.5 Å². The Hall–Kier alpha value is 0.0300. The lowest BCUT2D eigenvalue weighted by Gasteiger charge is -2.12. The number of nitrogens with zero attached hydrogens (tertiary/aromatic N) is 2. The second-order valence-electron chi connectivity index (χ2n) is 5.20. The van der Waals surface area contributed by atoms with Gasteiger partial charge in [0.2, 0.25) is 0 Å². The molecular formula is C15H10BrCl3IN3O2S. The molecule has 26 heavy (non-hydrogen) atoms. The molecule has 0 aliphatic carbocycles. The van der Waals surface area contributed by atoms with Crippen molar-refractivity contribution >= 4 is 118 Å². The standard InChI is InChI=1S/C15H10BrCl3IN3O2S/c1-25-5-4-8-21-11-12(26-8)6-2-3-7(20)9(16)10(6)22-13(11)23-14(24)15(17,18)19/h2-3H,4-5H2,1H3,(H,22,23,24). The maximum absolute atomic E-state index is 12.1. The van der Waals surface area contributed by atoms with E-state index in [0.29, 0.717) is 24.1 Å². The summed E-state index contributed by atoms with van der Waals surface area (Å²) in [7, 11) is 1.63. The minimum Gasteiger partial charge on any atom is -0.384 e. The molecular weight excluding hydrogens is 599 g/mol. The minimum atomic E-state index is -2.10. The average molecular weight is 609 g/mol. The Bertz CT molecular complexity index is 1010. The third-order valence-corrected chi connectivity index (χ3v) is 7.55. The molecule has 0 saturated carbocycles. The smallest absolute Gasteiger partial charge is 0.277 e. The normalized spacial score (nSPS) is 12.1. The first-order chi connectivity index (χ1) is 12.2. The van der Waals surface area contributed by atoms with E-state index in [1.54, 1.807) is 7.11 Å². The number of halogens is 5. The highest BCUT2D eigenvalue weighted by molar-refractivity contribution is 14.1. The Morgan fingerprint density at radius 1 is 1.35 bits per heavy atom. The predicted molar refractivity (Wildman–Crippen MR) is 120 cm³/mol. The molecule has 0 atom stereocenters. The number of thiazole rings is 1. The largest absolute Gasteiger partial charge is 0.384 e. The molecule has 0 fully saturated rings. The fourth-order valence-electron chi connectivity index (χ4n) is 2.27. The maximum atomic E-state index is 12.1. The summed E-state index contributed by atoms with van der Waals surface area (Å²) in [4.78, 5) is 21.3. The SMILES string of the molecule is COCCc1nc2c(NC(=O)C(Cl)(Cl)Cl)nc3c(Br)c(I)ccc3c2s1. The lowest BCUT2D eigenvalue weighted by atomic mass is 10.2. The van der Waals surface area contributed by atoms with Crippen LogP contribution in [0.5, 0.6) is 0 Å². The van der Waals surface area contributed by atoms with Crippen LogP contribution in [0, 0.1) is 3.57 Å². The van der Waals surface area contributed by atoms with Crippen LogP contribution in [0.2, 0.25) is 0 Å². The second-order valence-corrected chi connectivity index (χ2v) is 10.5. The quantitative estimate of drug-likeness (QED) is 0.304. The van der Waals surface area contributed by atoms with Gasteiger partial charge in [0.05, 0.1) is 26.3 Å². The third kappa shape index (κ3) is 4.21. The average Bonchev–Trinajstić information content (AvgIpc) is 3.00. The third-order valence-electron chi connectivity index (χ3n) is 3.44. The Balaban J connectivity index is 2.24. The van der Waals surface area contributed by atoms with Crippen molar-refractivity contribution in [2.75, 3.05) is 19.0 Å². The van der Waals surface area contributed by atoms with Gasteiger partial charge in [0.25, 0.3) is 9.70 Å². The fourth-order valence-corrected chi connectivity index (χ4v) is 4.35. The van der Waals surface area contributed by atoms with Gasteiger partial charge in [-0.05, 0) is 44.6 Å². The summed E-state index contributed by atoms with van der Waals surface area (Å²) < 4.78 is 5.75. The number of amides is 1. The van der Waals surface area contributed by atoms with Crippen molar-refractivity contribution < 1.29 is 9.53 Å². The second kappa shape index (κ2) is 8.18. The van der Waals surface area contributed by atoms with E-state index in [9.17, 15) is 4.79 Å². The van der Waals surface area contributed by atoms with Crippen LogP contribution in [0.1, 0.15) is 5.01 Å². The molecule has 1 N–H and O–H groups in total. The van der Waals surface area contributed by atoms with Gasteiger partial charge < -0.3 is 10.1 Å². The first-order valence-corrected chi connectivity index (χ1v) is 11.0. The zero-order valence-corrected chi connectivity index (χ0v) is 19.9. The van der Waals surface area contributed by atoms with Crippen LogP contribution < -0.4 is 5.32 Å². The highest BCUT2D eigenvalue weighted by Gasteiger charge is 2.32. The molecule has 1 amide bonds. The molecule has 2 heterocycles. The van der Waals surface area contributed by atoms with Gasteiger partial charge in [0.15, 0.2) is 5.82 Å². The molecule has 3 aromatic rings. The molecule has 3 rings (SSSR count). The number of hydrogen-bond donors (Lipinski definition) is 1.